The molecule has 1 aliphatic carbocycles. The molecule has 1 unspecified atom stereocenters. The van der Waals surface area contributed by atoms with Crippen molar-refractivity contribution < 1.29 is 15.0 Å². The molecule has 3 N–H and O–H groups in total. The number of nitrogens with one attached hydrogen (secondary N) is 1. The number of carbonyl (C=O) groups is 1. The van der Waals surface area contributed by atoms with Gasteiger partial charge < -0.3 is 15.5 Å². The Morgan fingerprint density at radius 2 is 1.97 bits per heavy atom. The van der Waals surface area contributed by atoms with Crippen molar-refractivity contribution in [3.8, 4) is 0 Å². The minimum Gasteiger partial charge on any atom is -0.394 e. The SMILES string of the molecule is C=CC[C@](C)(C[C@@H](c1cncc(Cl)c1)[C@H](O)c1ccc(Cl)cc1)C(=O)N[C@@]1(CO)CC1C. The first kappa shape index (κ1) is 24.7. The molecule has 32 heavy (non-hydrogen) atoms. The van der Waals surface area contributed by atoms with Crippen LogP contribution in [0.5, 0.6) is 0 Å². The summed E-state index contributed by atoms with van der Waals surface area (Å²) < 4.78 is 0. The smallest absolute Gasteiger partial charge is 0.226 e. The van der Waals surface area contributed by atoms with Crippen LogP contribution < -0.4 is 5.32 Å². The van der Waals surface area contributed by atoms with E-state index in [-0.39, 0.29) is 18.4 Å². The molecule has 1 fully saturated rings. The fraction of sp³-hybridized carbons (Fsp3) is 0.440. The van der Waals surface area contributed by atoms with Crippen molar-refractivity contribution in [1.82, 2.24) is 10.3 Å². The van der Waals surface area contributed by atoms with Gasteiger partial charge in [0.2, 0.25) is 5.91 Å². The minimum absolute atomic E-state index is 0.0981. The van der Waals surface area contributed by atoms with E-state index < -0.39 is 23.0 Å². The number of benzene rings is 1. The molecule has 1 saturated carbocycles. The van der Waals surface area contributed by atoms with Gasteiger partial charge in [0.15, 0.2) is 0 Å². The summed E-state index contributed by atoms with van der Waals surface area (Å²) in [5.74, 6) is -0.407. The number of aromatic nitrogens is 1. The molecule has 0 bridgehead atoms. The van der Waals surface area contributed by atoms with Crippen molar-refractivity contribution in [2.24, 2.45) is 11.3 Å². The second kappa shape index (κ2) is 9.92. The average Bonchev–Trinajstić information content (AvgIpc) is 3.41. The van der Waals surface area contributed by atoms with Gasteiger partial charge in [0.05, 0.1) is 28.7 Å². The fourth-order valence-corrected chi connectivity index (χ4v) is 4.61. The summed E-state index contributed by atoms with van der Waals surface area (Å²) in [6, 6.07) is 8.76. The Labute approximate surface area is 199 Å². The van der Waals surface area contributed by atoms with E-state index in [4.69, 9.17) is 23.2 Å². The molecule has 1 aromatic carbocycles. The van der Waals surface area contributed by atoms with E-state index >= 15 is 0 Å². The summed E-state index contributed by atoms with van der Waals surface area (Å²) in [4.78, 5) is 17.6. The van der Waals surface area contributed by atoms with Gasteiger partial charge in [0, 0.05) is 23.3 Å². The van der Waals surface area contributed by atoms with Crippen LogP contribution in [0.15, 0.2) is 55.4 Å². The van der Waals surface area contributed by atoms with Crippen LogP contribution in [0, 0.1) is 11.3 Å². The van der Waals surface area contributed by atoms with Crippen LogP contribution in [0.4, 0.5) is 0 Å². The molecule has 1 aromatic heterocycles. The van der Waals surface area contributed by atoms with Gasteiger partial charge in [-0.1, -0.05) is 55.3 Å². The summed E-state index contributed by atoms with van der Waals surface area (Å²) in [5.41, 5.74) is -0.0170. The molecule has 2 aromatic rings. The molecular weight excluding hydrogens is 447 g/mol. The largest absolute Gasteiger partial charge is 0.394 e. The van der Waals surface area contributed by atoms with Crippen molar-refractivity contribution in [3.05, 3.63) is 76.6 Å². The Kier molecular flexibility index (Phi) is 7.66. The fourth-order valence-electron chi connectivity index (χ4n) is 4.31. The lowest BCUT2D eigenvalue weighted by Gasteiger charge is -2.35. The van der Waals surface area contributed by atoms with E-state index in [1.165, 1.54) is 6.20 Å². The van der Waals surface area contributed by atoms with Crippen LogP contribution in [0.3, 0.4) is 0 Å². The van der Waals surface area contributed by atoms with Crippen LogP contribution in [-0.2, 0) is 4.79 Å². The number of hydrogen-bond donors (Lipinski definition) is 3. The van der Waals surface area contributed by atoms with Gasteiger partial charge in [-0.3, -0.25) is 9.78 Å². The predicted molar refractivity (Wildman–Crippen MR) is 128 cm³/mol. The maximum absolute atomic E-state index is 13.4. The molecule has 172 valence electrons. The predicted octanol–water partition coefficient (Wildman–Crippen LogP) is 5.07. The third-order valence-corrected chi connectivity index (χ3v) is 7.12. The number of amides is 1. The first-order valence-electron chi connectivity index (χ1n) is 10.7. The van der Waals surface area contributed by atoms with E-state index in [1.54, 1.807) is 42.6 Å². The number of hydrogen-bond acceptors (Lipinski definition) is 4. The minimum atomic E-state index is -0.906. The number of carbonyl (C=O) groups excluding carboxylic acids is 1. The Hall–Kier alpha value is -1.92. The molecule has 0 aliphatic heterocycles. The third-order valence-electron chi connectivity index (χ3n) is 6.66. The zero-order chi connectivity index (χ0) is 23.5. The quantitative estimate of drug-likeness (QED) is 0.418. The Balaban J connectivity index is 1.95. The second-order valence-corrected chi connectivity index (χ2v) is 10.0. The number of pyridine rings is 1. The van der Waals surface area contributed by atoms with Crippen molar-refractivity contribution >= 4 is 29.1 Å². The maximum Gasteiger partial charge on any atom is 0.226 e. The van der Waals surface area contributed by atoms with Gasteiger partial charge in [0.25, 0.3) is 0 Å². The van der Waals surface area contributed by atoms with Crippen LogP contribution in [0.25, 0.3) is 0 Å². The van der Waals surface area contributed by atoms with Crippen molar-refractivity contribution in [3.63, 3.8) is 0 Å². The summed E-state index contributed by atoms with van der Waals surface area (Å²) in [6.45, 7) is 7.61. The molecule has 0 radical (unpaired) electrons. The highest BCUT2D eigenvalue weighted by molar-refractivity contribution is 6.30. The topological polar surface area (TPSA) is 82.5 Å². The molecule has 0 spiro atoms. The molecule has 1 heterocycles. The highest BCUT2D eigenvalue weighted by Crippen LogP contribution is 2.46. The highest BCUT2D eigenvalue weighted by atomic mass is 35.5. The van der Waals surface area contributed by atoms with E-state index in [0.717, 1.165) is 12.0 Å². The van der Waals surface area contributed by atoms with Gasteiger partial charge in [0.1, 0.15) is 0 Å². The lowest BCUT2D eigenvalue weighted by molar-refractivity contribution is -0.132. The lowest BCUT2D eigenvalue weighted by atomic mass is 9.72. The first-order valence-corrected chi connectivity index (χ1v) is 11.5. The molecular formula is C25H30Cl2N2O3. The lowest BCUT2D eigenvalue weighted by Crippen LogP contribution is -2.48. The van der Waals surface area contributed by atoms with Crippen LogP contribution in [0.1, 0.15) is 56.3 Å². The number of aliphatic hydroxyl groups excluding tert-OH is 2. The zero-order valence-electron chi connectivity index (χ0n) is 18.4. The number of rotatable bonds is 10. The number of nitrogens with zero attached hydrogens (tertiary/aromatic N) is 1. The van der Waals surface area contributed by atoms with Crippen molar-refractivity contribution in [2.75, 3.05) is 6.61 Å². The maximum atomic E-state index is 13.4. The standard InChI is InChI=1S/C25H30Cl2N2O3/c1-4-9-24(3,23(32)29-25(15-30)11-16(25)2)12-21(18-10-20(27)14-28-13-18)22(31)17-5-7-19(26)8-6-17/h4-8,10,13-14,16,21-22,30-31H,1,9,11-12,15H2,2-3H3,(H,29,32)/t16?,21-,22+,24+,25+/m0/s1. The summed E-state index contributed by atoms with van der Waals surface area (Å²) in [7, 11) is 0. The van der Waals surface area contributed by atoms with Gasteiger partial charge >= 0.3 is 0 Å². The molecule has 3 rings (SSSR count). The molecule has 7 heteroatoms. The van der Waals surface area contributed by atoms with Crippen LogP contribution >= 0.6 is 23.2 Å². The van der Waals surface area contributed by atoms with Gasteiger partial charge in [-0.2, -0.15) is 0 Å². The molecule has 1 amide bonds. The average molecular weight is 477 g/mol. The monoisotopic (exact) mass is 476 g/mol. The van der Waals surface area contributed by atoms with E-state index in [1.807, 2.05) is 13.8 Å². The number of allylic oxidation sites excluding steroid dienone is 1. The zero-order valence-corrected chi connectivity index (χ0v) is 19.9. The Morgan fingerprint density at radius 3 is 2.50 bits per heavy atom. The van der Waals surface area contributed by atoms with Gasteiger partial charge in [-0.25, -0.2) is 0 Å². The third kappa shape index (κ3) is 5.34. The summed E-state index contributed by atoms with van der Waals surface area (Å²) in [5, 5.41) is 25.3. The first-order chi connectivity index (χ1) is 15.1. The second-order valence-electron chi connectivity index (χ2n) is 9.17. The Bertz CT molecular complexity index is 964. The van der Waals surface area contributed by atoms with E-state index in [0.29, 0.717) is 28.5 Å². The normalized spacial score (nSPS) is 23.6. The molecule has 0 saturated heterocycles. The van der Waals surface area contributed by atoms with Gasteiger partial charge in [-0.05, 0) is 54.5 Å². The van der Waals surface area contributed by atoms with Crippen molar-refractivity contribution in [2.45, 2.75) is 50.7 Å². The molecule has 5 nitrogen and oxygen atoms in total. The van der Waals surface area contributed by atoms with Crippen LogP contribution in [0.2, 0.25) is 10.0 Å². The summed E-state index contributed by atoms with van der Waals surface area (Å²) in [6.07, 6.45) is 5.49. The number of halogens is 2. The molecule has 5 atom stereocenters. The van der Waals surface area contributed by atoms with Crippen LogP contribution in [-0.4, -0.2) is 33.3 Å². The molecule has 1 aliphatic rings. The summed E-state index contributed by atoms with van der Waals surface area (Å²) >= 11 is 12.2. The van der Waals surface area contributed by atoms with Gasteiger partial charge in [-0.15, -0.1) is 6.58 Å². The van der Waals surface area contributed by atoms with E-state index in [2.05, 4.69) is 16.9 Å². The number of aliphatic hydroxyl groups is 2. The van der Waals surface area contributed by atoms with E-state index in [9.17, 15) is 15.0 Å². The highest BCUT2D eigenvalue weighted by Gasteiger charge is 2.53. The van der Waals surface area contributed by atoms with Crippen molar-refractivity contribution in [1.29, 1.82) is 0 Å². The Morgan fingerprint density at radius 1 is 1.31 bits per heavy atom.